The maximum atomic E-state index is 13.0. The van der Waals surface area contributed by atoms with Crippen LogP contribution >= 0.6 is 0 Å². The Balaban J connectivity index is 1.72. The second-order valence-electron chi connectivity index (χ2n) is 7.47. The number of benzene rings is 2. The van der Waals surface area contributed by atoms with Crippen molar-refractivity contribution in [2.75, 3.05) is 6.54 Å². The molecule has 1 fully saturated rings. The molecule has 30 heavy (non-hydrogen) atoms. The van der Waals surface area contributed by atoms with Crippen molar-refractivity contribution in [1.29, 1.82) is 0 Å². The van der Waals surface area contributed by atoms with Crippen molar-refractivity contribution in [3.63, 3.8) is 0 Å². The summed E-state index contributed by atoms with van der Waals surface area (Å²) in [5.41, 5.74) is 2.56. The molecule has 0 spiro atoms. The standard InChI is InChI=1S/C24H23N3O3/c1-17-8-10-18(11-9-17)21-20(22(28)19-6-3-2-4-7-19)23(29)24(30)27(21)14-5-13-26-15-12-25-16-26/h2-4,6-12,15-16,21H,5,13-14H2,1H3,(H,28,29)/p+1. The van der Waals surface area contributed by atoms with Crippen molar-refractivity contribution in [2.24, 2.45) is 0 Å². The van der Waals surface area contributed by atoms with Crippen molar-refractivity contribution in [1.82, 2.24) is 9.88 Å². The fourth-order valence-corrected chi connectivity index (χ4v) is 3.84. The van der Waals surface area contributed by atoms with Gasteiger partial charge in [0.25, 0.3) is 11.7 Å². The highest BCUT2D eigenvalue weighted by atomic mass is 16.3. The summed E-state index contributed by atoms with van der Waals surface area (Å²) >= 11 is 0. The maximum Gasteiger partial charge on any atom is 0.295 e. The Labute approximate surface area is 175 Å². The van der Waals surface area contributed by atoms with Crippen molar-refractivity contribution < 1.29 is 19.3 Å². The van der Waals surface area contributed by atoms with Crippen LogP contribution in [0.15, 0.2) is 78.9 Å². The van der Waals surface area contributed by atoms with Crippen LogP contribution in [-0.2, 0) is 16.1 Å². The van der Waals surface area contributed by atoms with Crippen molar-refractivity contribution >= 4 is 17.4 Å². The molecule has 0 bridgehead atoms. The van der Waals surface area contributed by atoms with Gasteiger partial charge in [0.2, 0.25) is 6.33 Å². The van der Waals surface area contributed by atoms with Gasteiger partial charge in [0, 0.05) is 18.5 Å². The lowest BCUT2D eigenvalue weighted by Crippen LogP contribution is -2.36. The molecule has 0 saturated carbocycles. The van der Waals surface area contributed by atoms with Gasteiger partial charge in [0.15, 0.2) is 0 Å². The zero-order chi connectivity index (χ0) is 21.1. The molecule has 6 heteroatoms. The van der Waals surface area contributed by atoms with E-state index in [1.807, 2.05) is 60.5 Å². The lowest BCUT2D eigenvalue weighted by Gasteiger charge is -2.25. The first-order valence-electron chi connectivity index (χ1n) is 9.98. The number of amides is 1. The van der Waals surface area contributed by atoms with Crippen LogP contribution in [-0.4, -0.2) is 33.2 Å². The average molecular weight is 402 g/mol. The van der Waals surface area contributed by atoms with E-state index in [2.05, 4.69) is 4.98 Å². The van der Waals surface area contributed by atoms with Crippen LogP contribution in [0.3, 0.4) is 0 Å². The molecule has 3 aromatic rings. The number of aromatic amines is 1. The Kier molecular flexibility index (Phi) is 5.48. The Morgan fingerprint density at radius 2 is 1.83 bits per heavy atom. The number of aliphatic hydroxyl groups excluding tert-OH is 1. The summed E-state index contributed by atoms with van der Waals surface area (Å²) in [4.78, 5) is 30.4. The number of carbonyl (C=O) groups excluding carboxylic acids is 2. The number of Topliss-reactive ketones (excluding diaryl/α,β-unsaturated/α-hetero) is 1. The number of aliphatic hydroxyl groups is 1. The lowest BCUT2D eigenvalue weighted by atomic mass is 9.94. The molecule has 1 aliphatic heterocycles. The Bertz CT molecular complexity index is 1070. The number of nitrogens with zero attached hydrogens (tertiary/aromatic N) is 2. The molecular weight excluding hydrogens is 378 g/mol. The first kappa shape index (κ1) is 19.6. The number of aryl methyl sites for hydroxylation is 2. The van der Waals surface area contributed by atoms with Gasteiger partial charge in [0.1, 0.15) is 18.2 Å². The van der Waals surface area contributed by atoms with E-state index in [4.69, 9.17) is 0 Å². The summed E-state index contributed by atoms with van der Waals surface area (Å²) in [6, 6.07) is 16.0. The second kappa shape index (κ2) is 8.37. The Morgan fingerprint density at radius 3 is 2.50 bits per heavy atom. The Hall–Kier alpha value is -3.67. The minimum absolute atomic E-state index is 0.137. The van der Waals surface area contributed by atoms with Gasteiger partial charge in [-0.25, -0.2) is 4.57 Å². The van der Waals surface area contributed by atoms with Crippen LogP contribution in [0, 0.1) is 6.92 Å². The summed E-state index contributed by atoms with van der Waals surface area (Å²) in [6.45, 7) is 3.11. The van der Waals surface area contributed by atoms with Gasteiger partial charge in [-0.05, 0) is 12.5 Å². The molecular formula is C24H24N3O3+. The number of rotatable bonds is 6. The molecule has 1 aromatic heterocycles. The van der Waals surface area contributed by atoms with E-state index in [-0.39, 0.29) is 11.3 Å². The van der Waals surface area contributed by atoms with Gasteiger partial charge >= 0.3 is 0 Å². The molecule has 2 aromatic carbocycles. The van der Waals surface area contributed by atoms with E-state index in [1.165, 1.54) is 0 Å². The Morgan fingerprint density at radius 1 is 1.10 bits per heavy atom. The first-order chi connectivity index (χ1) is 14.6. The monoisotopic (exact) mass is 402 g/mol. The molecule has 152 valence electrons. The summed E-state index contributed by atoms with van der Waals surface area (Å²) in [5.74, 6) is -1.35. The number of nitrogens with one attached hydrogen (secondary N) is 1. The van der Waals surface area contributed by atoms with Crippen molar-refractivity contribution in [3.05, 3.63) is 95.6 Å². The third-order valence-corrected chi connectivity index (χ3v) is 5.40. The number of hydrogen-bond acceptors (Lipinski definition) is 3. The van der Waals surface area contributed by atoms with Crippen LogP contribution in [0.2, 0.25) is 0 Å². The van der Waals surface area contributed by atoms with Crippen molar-refractivity contribution in [2.45, 2.75) is 25.9 Å². The normalized spacial score (nSPS) is 18.2. The molecule has 4 rings (SSSR count). The predicted molar refractivity (Wildman–Crippen MR) is 112 cm³/mol. The van der Waals surface area contributed by atoms with E-state index in [9.17, 15) is 14.7 Å². The number of aromatic nitrogens is 2. The smallest absolute Gasteiger partial charge is 0.295 e. The molecule has 0 aliphatic carbocycles. The van der Waals surface area contributed by atoms with Crippen LogP contribution in [0.25, 0.3) is 5.76 Å². The molecule has 1 unspecified atom stereocenters. The second-order valence-corrected chi connectivity index (χ2v) is 7.47. The summed E-state index contributed by atoms with van der Waals surface area (Å²) in [6.07, 6.45) is 6.28. The number of ketones is 1. The largest absolute Gasteiger partial charge is 0.507 e. The summed E-state index contributed by atoms with van der Waals surface area (Å²) < 4.78 is 1.99. The van der Waals surface area contributed by atoms with E-state index in [0.29, 0.717) is 25.1 Å². The average Bonchev–Trinajstić information content (AvgIpc) is 3.37. The minimum Gasteiger partial charge on any atom is -0.507 e. The quantitative estimate of drug-likeness (QED) is 0.288. The zero-order valence-corrected chi connectivity index (χ0v) is 16.8. The van der Waals surface area contributed by atoms with Gasteiger partial charge in [-0.15, -0.1) is 0 Å². The topological polar surface area (TPSA) is 77.3 Å². The van der Waals surface area contributed by atoms with E-state index < -0.39 is 17.7 Å². The van der Waals surface area contributed by atoms with Gasteiger partial charge in [-0.1, -0.05) is 60.2 Å². The van der Waals surface area contributed by atoms with Crippen molar-refractivity contribution in [3.8, 4) is 0 Å². The summed E-state index contributed by atoms with van der Waals surface area (Å²) in [5, 5.41) is 11.0. The molecule has 1 saturated heterocycles. The number of imidazole rings is 1. The highest BCUT2D eigenvalue weighted by molar-refractivity contribution is 6.46. The zero-order valence-electron chi connectivity index (χ0n) is 16.8. The molecule has 2 N–H and O–H groups in total. The van der Waals surface area contributed by atoms with Gasteiger partial charge in [-0.3, -0.25) is 14.6 Å². The van der Waals surface area contributed by atoms with Gasteiger partial charge in [0.05, 0.1) is 18.2 Å². The van der Waals surface area contributed by atoms with Gasteiger partial charge < -0.3 is 10.0 Å². The molecule has 6 nitrogen and oxygen atoms in total. The van der Waals surface area contributed by atoms with Crippen LogP contribution in [0.1, 0.15) is 29.2 Å². The predicted octanol–water partition coefficient (Wildman–Crippen LogP) is 3.12. The maximum absolute atomic E-state index is 13.0. The van der Waals surface area contributed by atoms with Gasteiger partial charge in [-0.2, -0.15) is 0 Å². The fraction of sp³-hybridized carbons (Fsp3) is 0.208. The lowest BCUT2D eigenvalue weighted by molar-refractivity contribution is -0.695. The molecule has 1 aliphatic rings. The number of likely N-dealkylation sites (tertiary alicyclic amines) is 1. The third-order valence-electron chi connectivity index (χ3n) is 5.40. The van der Waals surface area contributed by atoms with Crippen LogP contribution < -0.4 is 4.57 Å². The van der Waals surface area contributed by atoms with E-state index in [1.54, 1.807) is 29.2 Å². The molecule has 2 heterocycles. The fourth-order valence-electron chi connectivity index (χ4n) is 3.84. The van der Waals surface area contributed by atoms with E-state index >= 15 is 0 Å². The highest BCUT2D eigenvalue weighted by Crippen LogP contribution is 2.39. The third kappa shape index (κ3) is 3.76. The molecule has 1 atom stereocenters. The minimum atomic E-state index is -0.642. The first-order valence-corrected chi connectivity index (χ1v) is 9.98. The molecule has 1 amide bonds. The van der Waals surface area contributed by atoms with E-state index in [0.717, 1.165) is 11.1 Å². The number of hydrogen-bond donors (Lipinski definition) is 2. The van der Waals surface area contributed by atoms with Crippen LogP contribution in [0.5, 0.6) is 0 Å². The molecule has 0 radical (unpaired) electrons. The highest BCUT2D eigenvalue weighted by Gasteiger charge is 2.45. The van der Waals surface area contributed by atoms with Crippen LogP contribution in [0.4, 0.5) is 0 Å². The SMILES string of the molecule is Cc1ccc(C2/C(=C(\O)c3ccccc3)C(=O)C(=O)N2CCC[n+]2cc[nH]c2)cc1. The number of H-pyrrole nitrogens is 1. The summed E-state index contributed by atoms with van der Waals surface area (Å²) in [7, 11) is 0. The number of carbonyl (C=O) groups is 2.